The maximum absolute atomic E-state index is 12.8. The first kappa shape index (κ1) is 20.0. The highest BCUT2D eigenvalue weighted by Crippen LogP contribution is 2.18. The number of likely N-dealkylation sites (tertiary alicyclic amines) is 1. The molecule has 154 valence electrons. The smallest absolute Gasteiger partial charge is 0.254 e. The van der Waals surface area contributed by atoms with Gasteiger partial charge in [0, 0.05) is 43.3 Å². The minimum atomic E-state index is -0.144. The Balaban J connectivity index is 1.39. The summed E-state index contributed by atoms with van der Waals surface area (Å²) in [4.78, 5) is 28.1. The van der Waals surface area contributed by atoms with Gasteiger partial charge in [0.15, 0.2) is 5.82 Å². The predicted molar refractivity (Wildman–Crippen MR) is 114 cm³/mol. The lowest BCUT2D eigenvalue weighted by Crippen LogP contribution is -2.47. The second-order valence-corrected chi connectivity index (χ2v) is 7.65. The first-order valence-electron chi connectivity index (χ1n) is 10.1. The lowest BCUT2D eigenvalue weighted by molar-refractivity contribution is 0.0899. The number of carbonyl (C=O) groups is 1. The fourth-order valence-corrected chi connectivity index (χ4v) is 3.82. The Hall–Kier alpha value is -3.32. The van der Waals surface area contributed by atoms with Gasteiger partial charge in [0.2, 0.25) is 0 Å². The summed E-state index contributed by atoms with van der Waals surface area (Å²) < 4.78 is 0. The van der Waals surface area contributed by atoms with E-state index in [0.717, 1.165) is 43.6 Å². The molecule has 0 radical (unpaired) electrons. The fraction of sp³-hybridized carbons (Fsp3) is 0.304. The fourth-order valence-electron chi connectivity index (χ4n) is 3.82. The van der Waals surface area contributed by atoms with Crippen LogP contribution >= 0.6 is 0 Å². The average molecular weight is 403 g/mol. The monoisotopic (exact) mass is 403 g/mol. The molecule has 0 spiro atoms. The van der Waals surface area contributed by atoms with Gasteiger partial charge in [0.05, 0.1) is 11.3 Å². The number of aromatic nitrogens is 3. The number of hydrogen-bond acceptors (Lipinski definition) is 6. The molecule has 2 aromatic heterocycles. The van der Waals surface area contributed by atoms with Crippen LogP contribution in [0.1, 0.15) is 34.5 Å². The Morgan fingerprint density at radius 3 is 2.93 bits per heavy atom. The number of phenols is 1. The van der Waals surface area contributed by atoms with Crippen molar-refractivity contribution in [3.8, 4) is 17.1 Å². The third-order valence-electron chi connectivity index (χ3n) is 5.30. The molecule has 7 nitrogen and oxygen atoms in total. The van der Waals surface area contributed by atoms with Gasteiger partial charge in [-0.05, 0) is 56.1 Å². The summed E-state index contributed by atoms with van der Waals surface area (Å²) in [6.07, 6.45) is 6.95. The van der Waals surface area contributed by atoms with E-state index < -0.39 is 0 Å². The van der Waals surface area contributed by atoms with Crippen LogP contribution in [-0.2, 0) is 6.54 Å². The number of nitrogens with one attached hydrogen (secondary N) is 1. The number of hydrogen-bond donors (Lipinski definition) is 2. The zero-order valence-electron chi connectivity index (χ0n) is 17.0. The summed E-state index contributed by atoms with van der Waals surface area (Å²) in [5, 5.41) is 12.8. The number of piperidine rings is 1. The van der Waals surface area contributed by atoms with Gasteiger partial charge in [-0.2, -0.15) is 0 Å². The van der Waals surface area contributed by atoms with Crippen molar-refractivity contribution in [1.29, 1.82) is 0 Å². The number of aryl methyl sites for hydroxylation is 1. The van der Waals surface area contributed by atoms with Gasteiger partial charge >= 0.3 is 0 Å². The summed E-state index contributed by atoms with van der Waals surface area (Å²) in [5.41, 5.74) is 3.03. The molecule has 3 heterocycles. The van der Waals surface area contributed by atoms with Crippen molar-refractivity contribution in [2.45, 2.75) is 32.4 Å². The lowest BCUT2D eigenvalue weighted by atomic mass is 10.0. The number of benzene rings is 1. The number of amides is 1. The number of nitrogens with zero attached hydrogens (tertiary/aromatic N) is 4. The average Bonchev–Trinajstić information content (AvgIpc) is 2.74. The van der Waals surface area contributed by atoms with Crippen LogP contribution in [0.15, 0.2) is 55.0 Å². The number of carbonyl (C=O) groups excluding carboxylic acids is 1. The Kier molecular flexibility index (Phi) is 5.99. The van der Waals surface area contributed by atoms with E-state index in [1.54, 1.807) is 30.7 Å². The van der Waals surface area contributed by atoms with E-state index in [9.17, 15) is 9.90 Å². The molecule has 1 aliphatic heterocycles. The summed E-state index contributed by atoms with van der Waals surface area (Å²) in [5.74, 6) is 0.695. The van der Waals surface area contributed by atoms with Gasteiger partial charge < -0.3 is 10.4 Å². The quantitative estimate of drug-likeness (QED) is 0.681. The van der Waals surface area contributed by atoms with Gasteiger partial charge in [-0.15, -0.1) is 0 Å². The van der Waals surface area contributed by atoms with Crippen LogP contribution in [0.4, 0.5) is 0 Å². The van der Waals surface area contributed by atoms with Gasteiger partial charge in [-0.25, -0.2) is 9.97 Å². The highest BCUT2D eigenvalue weighted by molar-refractivity contribution is 5.95. The van der Waals surface area contributed by atoms with Crippen LogP contribution in [0.2, 0.25) is 0 Å². The third kappa shape index (κ3) is 4.80. The minimum absolute atomic E-state index is 0.0703. The van der Waals surface area contributed by atoms with Gasteiger partial charge in [-0.1, -0.05) is 12.1 Å². The van der Waals surface area contributed by atoms with Crippen molar-refractivity contribution in [2.24, 2.45) is 0 Å². The highest BCUT2D eigenvalue weighted by atomic mass is 16.3. The summed E-state index contributed by atoms with van der Waals surface area (Å²) >= 11 is 0. The van der Waals surface area contributed by atoms with Crippen molar-refractivity contribution in [3.05, 3.63) is 71.8 Å². The molecule has 0 saturated carbocycles. The number of pyridine rings is 1. The lowest BCUT2D eigenvalue weighted by Gasteiger charge is -2.33. The van der Waals surface area contributed by atoms with E-state index in [1.165, 1.54) is 0 Å². The molecule has 1 aromatic carbocycles. The first-order chi connectivity index (χ1) is 14.6. The van der Waals surface area contributed by atoms with Crippen molar-refractivity contribution in [3.63, 3.8) is 0 Å². The molecule has 30 heavy (non-hydrogen) atoms. The predicted octanol–water partition coefficient (Wildman–Crippen LogP) is 2.95. The van der Waals surface area contributed by atoms with Crippen LogP contribution in [0, 0.1) is 6.92 Å². The molecule has 2 N–H and O–H groups in total. The molecule has 7 heteroatoms. The minimum Gasteiger partial charge on any atom is -0.508 e. The molecule has 0 aliphatic carbocycles. The van der Waals surface area contributed by atoms with Gasteiger partial charge in [-0.3, -0.25) is 14.7 Å². The Labute approximate surface area is 175 Å². The normalized spacial score (nSPS) is 16.9. The second-order valence-electron chi connectivity index (χ2n) is 7.65. The van der Waals surface area contributed by atoms with Crippen molar-refractivity contribution in [1.82, 2.24) is 25.2 Å². The maximum atomic E-state index is 12.8. The Morgan fingerprint density at radius 2 is 2.17 bits per heavy atom. The van der Waals surface area contributed by atoms with E-state index in [0.29, 0.717) is 17.1 Å². The SMILES string of the molecule is Cc1nc(-c2cccnc2)ncc1C(=O)NC1CCCN(Cc2cccc(O)c2)C1. The molecule has 1 fully saturated rings. The largest absolute Gasteiger partial charge is 0.508 e. The molecule has 4 rings (SSSR count). The molecule has 3 aromatic rings. The van der Waals surface area contributed by atoms with Gasteiger partial charge in [0.1, 0.15) is 5.75 Å². The zero-order chi connectivity index (χ0) is 20.9. The zero-order valence-corrected chi connectivity index (χ0v) is 17.0. The van der Waals surface area contributed by atoms with E-state index in [2.05, 4.69) is 25.2 Å². The molecule has 1 saturated heterocycles. The molecule has 1 aliphatic rings. The molecule has 1 amide bonds. The topological polar surface area (TPSA) is 91.2 Å². The molecule has 0 bridgehead atoms. The van der Waals surface area contributed by atoms with Crippen molar-refractivity contribution in [2.75, 3.05) is 13.1 Å². The number of rotatable bonds is 5. The molecule has 1 atom stereocenters. The van der Waals surface area contributed by atoms with Crippen LogP contribution in [0.3, 0.4) is 0 Å². The van der Waals surface area contributed by atoms with E-state index >= 15 is 0 Å². The summed E-state index contributed by atoms with van der Waals surface area (Å²) in [6, 6.07) is 11.1. The second kappa shape index (κ2) is 9.00. The highest BCUT2D eigenvalue weighted by Gasteiger charge is 2.23. The van der Waals surface area contributed by atoms with E-state index in [4.69, 9.17) is 0 Å². The van der Waals surface area contributed by atoms with Crippen LogP contribution in [-0.4, -0.2) is 50.0 Å². The first-order valence-corrected chi connectivity index (χ1v) is 10.1. The van der Waals surface area contributed by atoms with Gasteiger partial charge in [0.25, 0.3) is 5.91 Å². The molecular weight excluding hydrogens is 378 g/mol. The summed E-state index contributed by atoms with van der Waals surface area (Å²) in [7, 11) is 0. The van der Waals surface area contributed by atoms with Crippen molar-refractivity contribution >= 4 is 5.91 Å². The maximum Gasteiger partial charge on any atom is 0.254 e. The summed E-state index contributed by atoms with van der Waals surface area (Å²) in [6.45, 7) is 4.33. The van der Waals surface area contributed by atoms with E-state index in [-0.39, 0.29) is 17.7 Å². The van der Waals surface area contributed by atoms with Crippen LogP contribution < -0.4 is 5.32 Å². The molecule has 1 unspecified atom stereocenters. The Morgan fingerprint density at radius 1 is 1.27 bits per heavy atom. The number of aromatic hydroxyl groups is 1. The number of phenolic OH excluding ortho intramolecular Hbond substituents is 1. The van der Waals surface area contributed by atoms with Crippen molar-refractivity contribution < 1.29 is 9.90 Å². The van der Waals surface area contributed by atoms with Crippen LogP contribution in [0.25, 0.3) is 11.4 Å². The molecular formula is C23H25N5O2. The van der Waals surface area contributed by atoms with E-state index in [1.807, 2.05) is 31.2 Å². The standard InChI is InChI=1S/C23H25N5O2/c1-16-21(13-25-22(26-16)18-6-3-9-24-12-18)23(30)27-19-7-4-10-28(15-19)14-17-5-2-8-20(29)11-17/h2-3,5-6,8-9,11-13,19,29H,4,7,10,14-15H2,1H3,(H,27,30). The Bertz CT molecular complexity index is 1030. The third-order valence-corrected chi connectivity index (χ3v) is 5.30. The van der Waals surface area contributed by atoms with Crippen LogP contribution in [0.5, 0.6) is 5.75 Å².